The van der Waals surface area contributed by atoms with Gasteiger partial charge in [0, 0.05) is 19.4 Å². The highest BCUT2D eigenvalue weighted by molar-refractivity contribution is 8.13. The number of hydrogen-bond acceptors (Lipinski definition) is 3. The predicted octanol–water partition coefficient (Wildman–Crippen LogP) is 3.56. The molecule has 1 aromatic carbocycles. The molecule has 2 rings (SSSR count). The number of benzene rings is 1. The second-order valence-electron chi connectivity index (χ2n) is 5.22. The van der Waals surface area contributed by atoms with Gasteiger partial charge in [-0.15, -0.1) is 0 Å². The van der Waals surface area contributed by atoms with Crippen LogP contribution in [0.3, 0.4) is 0 Å². The Hall–Kier alpha value is -1.00. The predicted molar refractivity (Wildman–Crippen MR) is 89.6 cm³/mol. The lowest BCUT2D eigenvalue weighted by Gasteiger charge is -2.14. The fraction of sp³-hybridized carbons (Fsp3) is 0.588. The lowest BCUT2D eigenvalue weighted by atomic mass is 10.1. The number of hydrogen-bond donors (Lipinski definition) is 0. The molecular formula is C17H26NO2S+. The first-order valence-electron chi connectivity index (χ1n) is 7.77. The van der Waals surface area contributed by atoms with Gasteiger partial charge in [0.05, 0.1) is 13.5 Å². The van der Waals surface area contributed by atoms with Gasteiger partial charge in [-0.05, 0) is 42.8 Å². The minimum atomic E-state index is 0.742. The SMILES string of the molecule is CCOCSC(Cc1cccc(OC)c1)=[N+]1CCCCC1. The molecule has 0 atom stereocenters. The summed E-state index contributed by atoms with van der Waals surface area (Å²) in [5.41, 5.74) is 1.30. The van der Waals surface area contributed by atoms with Gasteiger partial charge >= 0.3 is 0 Å². The van der Waals surface area contributed by atoms with E-state index in [1.54, 1.807) is 7.11 Å². The molecule has 4 heteroatoms. The van der Waals surface area contributed by atoms with Crippen molar-refractivity contribution in [3.05, 3.63) is 29.8 Å². The van der Waals surface area contributed by atoms with Gasteiger partial charge in [0.2, 0.25) is 5.04 Å². The van der Waals surface area contributed by atoms with Crippen molar-refractivity contribution in [2.24, 2.45) is 0 Å². The summed E-state index contributed by atoms with van der Waals surface area (Å²) >= 11 is 1.84. The molecule has 3 nitrogen and oxygen atoms in total. The molecule has 0 aliphatic carbocycles. The highest BCUT2D eigenvalue weighted by Crippen LogP contribution is 2.18. The van der Waals surface area contributed by atoms with E-state index in [0.717, 1.165) is 24.7 Å². The zero-order valence-corrected chi connectivity index (χ0v) is 14.0. The second-order valence-corrected chi connectivity index (χ2v) is 6.22. The molecule has 0 aromatic heterocycles. The number of piperidine rings is 1. The summed E-state index contributed by atoms with van der Waals surface area (Å²) in [6, 6.07) is 8.37. The van der Waals surface area contributed by atoms with Crippen LogP contribution in [0.25, 0.3) is 0 Å². The summed E-state index contributed by atoms with van der Waals surface area (Å²) < 4.78 is 13.4. The maximum Gasteiger partial charge on any atom is 0.217 e. The van der Waals surface area contributed by atoms with E-state index < -0.39 is 0 Å². The average molecular weight is 308 g/mol. The minimum absolute atomic E-state index is 0.742. The van der Waals surface area contributed by atoms with Crippen LogP contribution in [0.1, 0.15) is 31.7 Å². The second kappa shape index (κ2) is 9.11. The molecule has 0 bridgehead atoms. The van der Waals surface area contributed by atoms with E-state index in [4.69, 9.17) is 9.47 Å². The van der Waals surface area contributed by atoms with E-state index in [9.17, 15) is 0 Å². The van der Waals surface area contributed by atoms with Crippen LogP contribution in [0, 0.1) is 0 Å². The van der Waals surface area contributed by atoms with E-state index in [1.165, 1.54) is 43.0 Å². The molecule has 116 valence electrons. The summed E-state index contributed by atoms with van der Waals surface area (Å²) in [5.74, 6) is 1.67. The highest BCUT2D eigenvalue weighted by Gasteiger charge is 2.19. The molecule has 1 aliphatic heterocycles. The van der Waals surface area contributed by atoms with Crippen LogP contribution in [0.4, 0.5) is 0 Å². The number of ether oxygens (including phenoxy) is 2. The molecule has 0 N–H and O–H groups in total. The van der Waals surface area contributed by atoms with Crippen LogP contribution in [0.2, 0.25) is 0 Å². The van der Waals surface area contributed by atoms with Gasteiger partial charge in [-0.1, -0.05) is 12.1 Å². The van der Waals surface area contributed by atoms with Gasteiger partial charge < -0.3 is 9.47 Å². The maximum atomic E-state index is 5.53. The Morgan fingerprint density at radius 3 is 2.76 bits per heavy atom. The zero-order valence-electron chi connectivity index (χ0n) is 13.1. The summed E-state index contributed by atoms with van der Waals surface area (Å²) in [6.07, 6.45) is 4.93. The quantitative estimate of drug-likeness (QED) is 0.347. The van der Waals surface area contributed by atoms with E-state index in [-0.39, 0.29) is 0 Å². The first-order valence-corrected chi connectivity index (χ1v) is 8.76. The van der Waals surface area contributed by atoms with Crippen LogP contribution in [0.15, 0.2) is 24.3 Å². The Kier molecular flexibility index (Phi) is 7.10. The summed E-state index contributed by atoms with van der Waals surface area (Å²) in [6.45, 7) is 5.18. The zero-order chi connectivity index (χ0) is 14.9. The van der Waals surface area contributed by atoms with E-state index in [0.29, 0.717) is 0 Å². The summed E-state index contributed by atoms with van der Waals surface area (Å²) in [7, 11) is 1.72. The molecule has 0 radical (unpaired) electrons. The first kappa shape index (κ1) is 16.4. The fourth-order valence-corrected chi connectivity index (χ4v) is 3.57. The van der Waals surface area contributed by atoms with Crippen molar-refractivity contribution >= 4 is 16.8 Å². The molecule has 0 saturated carbocycles. The largest absolute Gasteiger partial charge is 0.497 e. The van der Waals surface area contributed by atoms with E-state index in [1.807, 2.05) is 24.8 Å². The van der Waals surface area contributed by atoms with Crippen molar-refractivity contribution in [2.45, 2.75) is 32.6 Å². The van der Waals surface area contributed by atoms with E-state index in [2.05, 4.69) is 22.8 Å². The van der Waals surface area contributed by atoms with Gasteiger partial charge in [0.15, 0.2) is 0 Å². The Morgan fingerprint density at radius 1 is 1.24 bits per heavy atom. The monoisotopic (exact) mass is 308 g/mol. The maximum absolute atomic E-state index is 5.53. The van der Waals surface area contributed by atoms with E-state index >= 15 is 0 Å². The topological polar surface area (TPSA) is 21.5 Å². The molecular weight excluding hydrogens is 282 g/mol. The molecule has 0 unspecified atom stereocenters. The molecule has 21 heavy (non-hydrogen) atoms. The van der Waals surface area contributed by atoms with Crippen LogP contribution in [-0.4, -0.2) is 42.4 Å². The molecule has 0 amide bonds. The first-order chi connectivity index (χ1) is 10.3. The van der Waals surface area contributed by atoms with Gasteiger partial charge in [-0.25, -0.2) is 4.58 Å². The lowest BCUT2D eigenvalue weighted by Crippen LogP contribution is -2.27. The Morgan fingerprint density at radius 2 is 2.05 bits per heavy atom. The highest BCUT2D eigenvalue weighted by atomic mass is 32.2. The third-order valence-electron chi connectivity index (χ3n) is 3.71. The van der Waals surface area contributed by atoms with Crippen molar-refractivity contribution < 1.29 is 14.0 Å². The standard InChI is InChI=1S/C17H26NO2S/c1-3-20-14-21-17(18-10-5-4-6-11-18)13-15-8-7-9-16(12-15)19-2/h7-9,12H,3-6,10-11,13-14H2,1-2H3/q+1. The molecule has 1 aromatic rings. The third-order valence-corrected chi connectivity index (χ3v) is 4.73. The fourth-order valence-electron chi connectivity index (χ4n) is 2.55. The van der Waals surface area contributed by atoms with Crippen LogP contribution in [0.5, 0.6) is 5.75 Å². The number of methoxy groups -OCH3 is 1. The van der Waals surface area contributed by atoms with Crippen molar-refractivity contribution in [3.63, 3.8) is 0 Å². The number of rotatable bonds is 6. The smallest absolute Gasteiger partial charge is 0.217 e. The number of nitrogens with zero attached hydrogens (tertiary/aromatic N) is 1. The average Bonchev–Trinajstić information content (AvgIpc) is 2.55. The Labute approximate surface area is 132 Å². The van der Waals surface area contributed by atoms with Crippen molar-refractivity contribution in [1.29, 1.82) is 0 Å². The Balaban J connectivity index is 2.10. The molecule has 1 aliphatic rings. The lowest BCUT2D eigenvalue weighted by molar-refractivity contribution is -0.535. The molecule has 1 heterocycles. The Bertz CT molecular complexity index is 466. The van der Waals surface area contributed by atoms with Crippen LogP contribution >= 0.6 is 11.8 Å². The van der Waals surface area contributed by atoms with Crippen molar-refractivity contribution in [3.8, 4) is 5.75 Å². The third kappa shape index (κ3) is 5.36. The summed E-state index contributed by atoms with van der Waals surface area (Å²) in [4.78, 5) is 0. The van der Waals surface area contributed by atoms with Crippen molar-refractivity contribution in [1.82, 2.24) is 0 Å². The van der Waals surface area contributed by atoms with Gasteiger partial charge in [-0.3, -0.25) is 0 Å². The van der Waals surface area contributed by atoms with Gasteiger partial charge in [-0.2, -0.15) is 0 Å². The molecule has 0 spiro atoms. The molecule has 1 saturated heterocycles. The van der Waals surface area contributed by atoms with Crippen LogP contribution < -0.4 is 4.74 Å². The minimum Gasteiger partial charge on any atom is -0.497 e. The van der Waals surface area contributed by atoms with Gasteiger partial charge in [0.25, 0.3) is 0 Å². The normalized spacial score (nSPS) is 15.0. The number of thioether (sulfide) groups is 1. The van der Waals surface area contributed by atoms with Crippen molar-refractivity contribution in [2.75, 3.05) is 32.7 Å². The van der Waals surface area contributed by atoms with Gasteiger partial charge in [0.1, 0.15) is 24.8 Å². The molecule has 1 fully saturated rings. The summed E-state index contributed by atoms with van der Waals surface area (Å²) in [5, 5.41) is 1.43. The van der Waals surface area contributed by atoms with Crippen LogP contribution in [-0.2, 0) is 11.2 Å².